The van der Waals surface area contributed by atoms with Gasteiger partial charge in [-0.3, -0.25) is 9.89 Å². The van der Waals surface area contributed by atoms with Crippen molar-refractivity contribution in [2.24, 2.45) is 0 Å². The van der Waals surface area contributed by atoms with E-state index < -0.39 is 0 Å². The second-order valence-corrected chi connectivity index (χ2v) is 9.35. The van der Waals surface area contributed by atoms with Gasteiger partial charge in [0.15, 0.2) is 5.69 Å². The maximum absolute atomic E-state index is 12.6. The van der Waals surface area contributed by atoms with Gasteiger partial charge in [0, 0.05) is 11.6 Å². The summed E-state index contributed by atoms with van der Waals surface area (Å²) in [6, 6.07) is 20.9. The fourth-order valence-electron chi connectivity index (χ4n) is 4.27. The van der Waals surface area contributed by atoms with Gasteiger partial charge in [0.05, 0.1) is 16.3 Å². The lowest BCUT2D eigenvalue weighted by Crippen LogP contribution is -2.36. The molecule has 2 aromatic carbocycles. The van der Waals surface area contributed by atoms with Crippen LogP contribution in [0.2, 0.25) is 0 Å². The highest BCUT2D eigenvalue weighted by molar-refractivity contribution is 7.18. The van der Waals surface area contributed by atoms with Crippen molar-refractivity contribution >= 4 is 17.2 Å². The van der Waals surface area contributed by atoms with Gasteiger partial charge in [-0.25, -0.2) is 4.98 Å². The van der Waals surface area contributed by atoms with Crippen molar-refractivity contribution in [3.05, 3.63) is 72.1 Å². The number of carbonyl (C=O) groups is 1. The highest BCUT2D eigenvalue weighted by atomic mass is 32.1. The van der Waals surface area contributed by atoms with Gasteiger partial charge in [-0.15, -0.1) is 11.3 Å². The van der Waals surface area contributed by atoms with Crippen LogP contribution >= 0.6 is 11.3 Å². The standard InChI is InChI=1S/C26H26N4OS/c1-17-24(22-16-23(30-29-22)25(31)28-21-10-6-3-7-11-21)32-26(27-17)20-14-12-19(13-15-20)18-8-4-2-5-9-18/h2,4-5,8-9,12-16,21H,3,6-7,10-11H2,1H3,(H,28,31)(H,29,30). The molecule has 0 radical (unpaired) electrons. The third-order valence-electron chi connectivity index (χ3n) is 6.03. The second-order valence-electron chi connectivity index (χ2n) is 8.35. The first-order valence-corrected chi connectivity index (χ1v) is 12.0. The van der Waals surface area contributed by atoms with Gasteiger partial charge in [0.1, 0.15) is 5.01 Å². The maximum atomic E-state index is 12.6. The van der Waals surface area contributed by atoms with E-state index in [1.807, 2.05) is 31.2 Å². The number of hydrogen-bond acceptors (Lipinski definition) is 4. The lowest BCUT2D eigenvalue weighted by atomic mass is 9.95. The van der Waals surface area contributed by atoms with Crippen LogP contribution in [0.3, 0.4) is 0 Å². The lowest BCUT2D eigenvalue weighted by Gasteiger charge is -2.22. The van der Waals surface area contributed by atoms with E-state index in [-0.39, 0.29) is 11.9 Å². The summed E-state index contributed by atoms with van der Waals surface area (Å²) in [5.74, 6) is -0.0988. The fraction of sp³-hybridized carbons (Fsp3) is 0.269. The van der Waals surface area contributed by atoms with Crippen molar-refractivity contribution in [1.82, 2.24) is 20.5 Å². The summed E-state index contributed by atoms with van der Waals surface area (Å²) in [7, 11) is 0. The average molecular weight is 443 g/mol. The molecule has 162 valence electrons. The lowest BCUT2D eigenvalue weighted by molar-refractivity contribution is 0.0922. The number of nitrogens with zero attached hydrogens (tertiary/aromatic N) is 2. The highest BCUT2D eigenvalue weighted by Gasteiger charge is 2.20. The van der Waals surface area contributed by atoms with Crippen LogP contribution in [-0.2, 0) is 0 Å². The van der Waals surface area contributed by atoms with E-state index in [1.54, 1.807) is 11.3 Å². The van der Waals surface area contributed by atoms with Gasteiger partial charge in [-0.2, -0.15) is 5.10 Å². The van der Waals surface area contributed by atoms with E-state index in [4.69, 9.17) is 4.98 Å². The SMILES string of the molecule is Cc1nc(-c2ccc(-c3ccccc3)cc2)sc1-c1cc(C(=O)NC2CCCCC2)n[nH]1. The molecule has 1 amide bonds. The van der Waals surface area contributed by atoms with Crippen molar-refractivity contribution in [2.75, 3.05) is 0 Å². The minimum atomic E-state index is -0.0988. The molecule has 1 aliphatic carbocycles. The Kier molecular flexibility index (Phi) is 5.86. The van der Waals surface area contributed by atoms with Crippen LogP contribution in [0.25, 0.3) is 32.3 Å². The van der Waals surface area contributed by atoms with Gasteiger partial charge in [-0.1, -0.05) is 73.9 Å². The summed E-state index contributed by atoms with van der Waals surface area (Å²) in [6.45, 7) is 2.00. The van der Waals surface area contributed by atoms with Crippen LogP contribution in [0, 0.1) is 6.92 Å². The quantitative estimate of drug-likeness (QED) is 0.384. The number of aryl methyl sites for hydroxylation is 1. The molecule has 5 nitrogen and oxygen atoms in total. The number of benzene rings is 2. The smallest absolute Gasteiger partial charge is 0.272 e. The van der Waals surface area contributed by atoms with Gasteiger partial charge in [-0.05, 0) is 37.0 Å². The summed E-state index contributed by atoms with van der Waals surface area (Å²) in [5.41, 5.74) is 5.67. The molecule has 1 saturated carbocycles. The minimum absolute atomic E-state index is 0.0988. The van der Waals surface area contributed by atoms with E-state index in [9.17, 15) is 4.79 Å². The molecule has 2 aromatic heterocycles. The summed E-state index contributed by atoms with van der Waals surface area (Å²) in [4.78, 5) is 18.4. The monoisotopic (exact) mass is 442 g/mol. The molecule has 32 heavy (non-hydrogen) atoms. The Hall–Kier alpha value is -3.25. The van der Waals surface area contributed by atoms with Crippen LogP contribution in [0.1, 0.15) is 48.3 Å². The van der Waals surface area contributed by atoms with Crippen molar-refractivity contribution in [3.8, 4) is 32.3 Å². The zero-order chi connectivity index (χ0) is 21.9. The Morgan fingerprint density at radius 3 is 2.41 bits per heavy atom. The second kappa shape index (κ2) is 9.09. The number of amides is 1. The summed E-state index contributed by atoms with van der Waals surface area (Å²) < 4.78 is 0. The zero-order valence-corrected chi connectivity index (χ0v) is 18.9. The summed E-state index contributed by atoms with van der Waals surface area (Å²) in [5, 5.41) is 11.4. The van der Waals surface area contributed by atoms with Crippen molar-refractivity contribution in [1.29, 1.82) is 0 Å². The molecule has 0 atom stereocenters. The molecule has 2 heterocycles. The number of nitrogens with one attached hydrogen (secondary N) is 2. The Bertz CT molecular complexity index is 1200. The van der Waals surface area contributed by atoms with Crippen LogP contribution in [0.4, 0.5) is 0 Å². The number of H-pyrrole nitrogens is 1. The summed E-state index contributed by atoms with van der Waals surface area (Å²) in [6.07, 6.45) is 5.76. The van der Waals surface area contributed by atoms with Gasteiger partial charge >= 0.3 is 0 Å². The number of hydrogen-bond donors (Lipinski definition) is 2. The molecule has 1 aliphatic rings. The summed E-state index contributed by atoms with van der Waals surface area (Å²) >= 11 is 1.61. The largest absolute Gasteiger partial charge is 0.348 e. The van der Waals surface area contributed by atoms with Crippen LogP contribution in [0.5, 0.6) is 0 Å². The van der Waals surface area contributed by atoms with Crippen molar-refractivity contribution < 1.29 is 4.79 Å². The third-order valence-corrected chi connectivity index (χ3v) is 7.27. The van der Waals surface area contributed by atoms with Gasteiger partial charge in [0.25, 0.3) is 5.91 Å². The molecule has 5 rings (SSSR count). The van der Waals surface area contributed by atoms with E-state index in [2.05, 4.69) is 51.9 Å². The number of aromatic nitrogens is 3. The molecule has 4 aromatic rings. The number of aromatic amines is 1. The van der Waals surface area contributed by atoms with Crippen LogP contribution < -0.4 is 5.32 Å². The molecule has 0 saturated heterocycles. The van der Waals surface area contributed by atoms with Crippen LogP contribution in [0.15, 0.2) is 60.7 Å². The first-order valence-electron chi connectivity index (χ1n) is 11.2. The van der Waals surface area contributed by atoms with E-state index in [0.29, 0.717) is 5.69 Å². The normalized spacial score (nSPS) is 14.4. The molecule has 0 spiro atoms. The minimum Gasteiger partial charge on any atom is -0.348 e. The first kappa shape index (κ1) is 20.6. The molecule has 1 fully saturated rings. The molecule has 0 bridgehead atoms. The Morgan fingerprint density at radius 2 is 1.66 bits per heavy atom. The molecule has 0 aliphatic heterocycles. The predicted molar refractivity (Wildman–Crippen MR) is 130 cm³/mol. The molecular weight excluding hydrogens is 416 g/mol. The van der Waals surface area contributed by atoms with E-state index >= 15 is 0 Å². The van der Waals surface area contributed by atoms with E-state index in [1.165, 1.54) is 30.4 Å². The van der Waals surface area contributed by atoms with Gasteiger partial charge in [0.2, 0.25) is 0 Å². The maximum Gasteiger partial charge on any atom is 0.272 e. The Morgan fingerprint density at radius 1 is 0.969 bits per heavy atom. The van der Waals surface area contributed by atoms with Crippen molar-refractivity contribution in [2.45, 2.75) is 45.1 Å². The van der Waals surface area contributed by atoms with E-state index in [0.717, 1.165) is 39.7 Å². The topological polar surface area (TPSA) is 70.7 Å². The van der Waals surface area contributed by atoms with Crippen LogP contribution in [-0.4, -0.2) is 27.1 Å². The molecule has 2 N–H and O–H groups in total. The van der Waals surface area contributed by atoms with Crippen molar-refractivity contribution in [3.63, 3.8) is 0 Å². The average Bonchev–Trinajstić information content (AvgIpc) is 3.47. The number of carbonyl (C=O) groups excluding carboxylic acids is 1. The fourth-order valence-corrected chi connectivity index (χ4v) is 5.30. The predicted octanol–water partition coefficient (Wildman–Crippen LogP) is 6.24. The molecule has 6 heteroatoms. The Labute approximate surface area is 191 Å². The number of rotatable bonds is 5. The zero-order valence-electron chi connectivity index (χ0n) is 18.1. The first-order chi connectivity index (χ1) is 15.7. The third kappa shape index (κ3) is 4.36. The molecular formula is C26H26N4OS. The number of thiazole rings is 1. The van der Waals surface area contributed by atoms with Gasteiger partial charge < -0.3 is 5.32 Å². The Balaban J connectivity index is 1.33. The highest BCUT2D eigenvalue weighted by Crippen LogP contribution is 2.35. The molecule has 0 unspecified atom stereocenters.